The molecule has 4 atom stereocenters. The van der Waals surface area contributed by atoms with E-state index in [1.807, 2.05) is 49.8 Å². The predicted octanol–water partition coefficient (Wildman–Crippen LogP) is 7.43. The largest absolute Gasteiger partial charge is 0.453 e. The van der Waals surface area contributed by atoms with Gasteiger partial charge in [-0.05, 0) is 83.7 Å². The number of fused-ring (bicyclic) bond motifs is 2. The fourth-order valence-corrected chi connectivity index (χ4v) is 8.00. The lowest BCUT2D eigenvalue weighted by molar-refractivity contribution is -0.136. The molecule has 0 radical (unpaired) electrons. The number of ether oxygens (including phenoxy) is 2. The number of methoxy groups -OCH3 is 2. The van der Waals surface area contributed by atoms with E-state index in [1.54, 1.807) is 0 Å². The standard InChI is InChI=1S/C42H50N8O6.5H2S/c1-23(2)35(47-41(53)55-5)39(51)49-17-7-9-33(49)37-43-22-32(46-37)29-14-13-25-19-26(11-12-27(25)20-29)28-15-16-30-31(21-28)45-38(44-30)34-10-8-18-50(34)40(52)36(24(3)4)48-42(54)56-6;;;;;/h11-16,19-24,33-36H,7-10,17-18H2,1-6H3,(H,43,46)(H,44,45)(H,47,53)(H,48,54);5*1H2/t33-,34-,35-,36-;;;;;/m0...../s1. The maximum absolute atomic E-state index is 13.6. The van der Waals surface area contributed by atoms with E-state index in [9.17, 15) is 19.2 Å². The Bertz CT molecular complexity index is 2290. The number of carbonyl (C=O) groups excluding carboxylic acids is 4. The van der Waals surface area contributed by atoms with E-state index in [4.69, 9.17) is 19.4 Å². The van der Waals surface area contributed by atoms with Crippen molar-refractivity contribution in [1.82, 2.24) is 40.4 Å². The molecule has 7 rings (SSSR count). The van der Waals surface area contributed by atoms with Crippen LogP contribution in [0.5, 0.6) is 0 Å². The molecule has 0 unspecified atom stereocenters. The van der Waals surface area contributed by atoms with Crippen LogP contribution in [0, 0.1) is 11.8 Å². The highest BCUT2D eigenvalue weighted by Gasteiger charge is 2.39. The van der Waals surface area contributed by atoms with Crippen LogP contribution in [0.25, 0.3) is 44.2 Å². The van der Waals surface area contributed by atoms with Gasteiger partial charge in [-0.15, -0.1) is 0 Å². The summed E-state index contributed by atoms with van der Waals surface area (Å²) in [5.74, 6) is 0.963. The summed E-state index contributed by atoms with van der Waals surface area (Å²) in [6.07, 6.45) is 3.82. The summed E-state index contributed by atoms with van der Waals surface area (Å²) in [5, 5.41) is 7.57. The van der Waals surface area contributed by atoms with Crippen molar-refractivity contribution in [2.45, 2.75) is 77.5 Å². The van der Waals surface area contributed by atoms with Crippen LogP contribution in [-0.4, -0.2) is 93.1 Å². The number of carbonyl (C=O) groups is 4. The SMILES string of the molecule is COC(=O)N[C@H](C(=O)N1CCC[C@H]1c1ncc(-c2ccc3cc(-c4ccc5nc([C@@H]6CCCN6C(=O)[C@@H](NC(=O)OC)C(C)C)[nH]c5c4)ccc3c2)[nH]1)C(C)C.S.S.S.S.S. The number of aromatic nitrogens is 4. The lowest BCUT2D eigenvalue weighted by Gasteiger charge is -2.30. The van der Waals surface area contributed by atoms with E-state index in [1.165, 1.54) is 14.2 Å². The van der Waals surface area contributed by atoms with Gasteiger partial charge in [0.25, 0.3) is 0 Å². The second-order valence-electron chi connectivity index (χ2n) is 15.4. The molecule has 19 heteroatoms. The lowest BCUT2D eigenvalue weighted by atomic mass is 9.99. The van der Waals surface area contributed by atoms with Gasteiger partial charge in [-0.25, -0.2) is 19.6 Å². The van der Waals surface area contributed by atoms with Gasteiger partial charge < -0.3 is 39.9 Å². The van der Waals surface area contributed by atoms with E-state index in [0.29, 0.717) is 13.1 Å². The summed E-state index contributed by atoms with van der Waals surface area (Å²) in [5.41, 5.74) is 5.65. The minimum atomic E-state index is -0.693. The van der Waals surface area contributed by atoms with Crippen molar-refractivity contribution in [3.05, 3.63) is 72.4 Å². The first-order valence-corrected chi connectivity index (χ1v) is 19.3. The number of hydrogen-bond acceptors (Lipinski definition) is 8. The maximum atomic E-state index is 13.6. The number of hydrogen-bond donors (Lipinski definition) is 4. The van der Waals surface area contributed by atoms with Crippen molar-refractivity contribution in [2.24, 2.45) is 11.8 Å². The Balaban J connectivity index is 0.00000256. The molecule has 4 N–H and O–H groups in total. The van der Waals surface area contributed by atoms with Crippen LogP contribution in [0.15, 0.2) is 60.8 Å². The highest BCUT2D eigenvalue weighted by molar-refractivity contribution is 7.60. The van der Waals surface area contributed by atoms with Crippen molar-refractivity contribution >= 4 is 113 Å². The topological polar surface area (TPSA) is 175 Å². The number of alkyl carbamates (subject to hydrolysis) is 2. The van der Waals surface area contributed by atoms with Crippen molar-refractivity contribution in [1.29, 1.82) is 0 Å². The van der Waals surface area contributed by atoms with Crippen LogP contribution in [-0.2, 0) is 19.1 Å². The molecule has 0 bridgehead atoms. The summed E-state index contributed by atoms with van der Waals surface area (Å²) in [6, 6.07) is 17.0. The Hall–Kier alpha value is -4.17. The van der Waals surface area contributed by atoms with Crippen LogP contribution < -0.4 is 10.6 Å². The zero-order valence-electron chi connectivity index (χ0n) is 35.2. The number of H-pyrrole nitrogens is 2. The minimum Gasteiger partial charge on any atom is -0.453 e. The molecule has 4 amide bonds. The Kier molecular flexibility index (Phi) is 19.8. The minimum absolute atomic E-state index is 0. The van der Waals surface area contributed by atoms with Gasteiger partial charge >= 0.3 is 12.2 Å². The average molecular weight is 933 g/mol. The number of nitrogens with zero attached hydrogens (tertiary/aromatic N) is 4. The number of amides is 4. The first kappa shape index (κ1) is 53.0. The number of imidazole rings is 2. The van der Waals surface area contributed by atoms with Gasteiger partial charge in [-0.1, -0.05) is 58.0 Å². The molecule has 4 heterocycles. The maximum Gasteiger partial charge on any atom is 0.407 e. The highest BCUT2D eigenvalue weighted by Crippen LogP contribution is 2.36. The van der Waals surface area contributed by atoms with Gasteiger partial charge in [-0.3, -0.25) is 9.59 Å². The molecule has 2 aliphatic rings. The molecule has 3 aromatic carbocycles. The van der Waals surface area contributed by atoms with E-state index < -0.39 is 24.3 Å². The third-order valence-electron chi connectivity index (χ3n) is 11.1. The number of benzene rings is 3. The van der Waals surface area contributed by atoms with Crippen LogP contribution in [0.3, 0.4) is 0 Å². The van der Waals surface area contributed by atoms with Gasteiger partial charge in [0, 0.05) is 18.7 Å². The van der Waals surface area contributed by atoms with Crippen molar-refractivity contribution < 1.29 is 28.7 Å². The molecule has 61 heavy (non-hydrogen) atoms. The molecule has 2 saturated heterocycles. The van der Waals surface area contributed by atoms with Crippen LogP contribution >= 0.6 is 67.5 Å². The van der Waals surface area contributed by atoms with Gasteiger partial charge in [-0.2, -0.15) is 67.5 Å². The van der Waals surface area contributed by atoms with Crippen molar-refractivity contribution in [2.75, 3.05) is 27.3 Å². The zero-order valence-corrected chi connectivity index (χ0v) is 40.2. The van der Waals surface area contributed by atoms with E-state index in [-0.39, 0.29) is 103 Å². The van der Waals surface area contributed by atoms with E-state index in [2.05, 4.69) is 69.1 Å². The van der Waals surface area contributed by atoms with Crippen LogP contribution in [0.1, 0.15) is 77.1 Å². The molecule has 0 saturated carbocycles. The lowest BCUT2D eigenvalue weighted by Crippen LogP contribution is -2.51. The van der Waals surface area contributed by atoms with Crippen molar-refractivity contribution in [3.63, 3.8) is 0 Å². The highest BCUT2D eigenvalue weighted by atomic mass is 32.1. The molecule has 0 aliphatic carbocycles. The van der Waals surface area contributed by atoms with Crippen LogP contribution in [0.2, 0.25) is 0 Å². The molecule has 2 aliphatic heterocycles. The molecule has 0 spiro atoms. The molecular formula is C42H60N8O6S5. The Morgan fingerprint density at radius 1 is 0.656 bits per heavy atom. The fraction of sp³-hybridized carbons (Fsp3) is 0.429. The Morgan fingerprint density at radius 3 is 1.66 bits per heavy atom. The third-order valence-corrected chi connectivity index (χ3v) is 11.1. The zero-order chi connectivity index (χ0) is 39.7. The second kappa shape index (κ2) is 22.8. The smallest absolute Gasteiger partial charge is 0.407 e. The molecule has 2 fully saturated rings. The van der Waals surface area contributed by atoms with Gasteiger partial charge in [0.15, 0.2) is 0 Å². The number of aromatic amines is 2. The average Bonchev–Trinajstić information content (AvgIpc) is 4.03. The summed E-state index contributed by atoms with van der Waals surface area (Å²) in [6.45, 7) is 8.80. The number of nitrogens with one attached hydrogen (secondary N) is 4. The predicted molar refractivity (Wildman–Crippen MR) is 264 cm³/mol. The monoisotopic (exact) mass is 932 g/mol. The fourth-order valence-electron chi connectivity index (χ4n) is 8.00. The molecule has 14 nitrogen and oxygen atoms in total. The summed E-state index contributed by atoms with van der Waals surface area (Å²) in [7, 11) is 2.58. The molecular weight excluding hydrogens is 873 g/mol. The second-order valence-corrected chi connectivity index (χ2v) is 15.4. The first-order valence-electron chi connectivity index (χ1n) is 19.3. The normalized spacial score (nSPS) is 16.7. The first-order chi connectivity index (χ1) is 26.9. The summed E-state index contributed by atoms with van der Waals surface area (Å²) >= 11 is 0. The van der Waals surface area contributed by atoms with Gasteiger partial charge in [0.1, 0.15) is 23.7 Å². The number of rotatable bonds is 10. The Morgan fingerprint density at radius 2 is 1.13 bits per heavy atom. The van der Waals surface area contributed by atoms with Crippen LogP contribution in [0.4, 0.5) is 9.59 Å². The van der Waals surface area contributed by atoms with E-state index in [0.717, 1.165) is 81.5 Å². The third kappa shape index (κ3) is 11.3. The summed E-state index contributed by atoms with van der Waals surface area (Å²) < 4.78 is 9.54. The van der Waals surface area contributed by atoms with E-state index >= 15 is 0 Å². The molecule has 2 aromatic heterocycles. The van der Waals surface area contributed by atoms with Gasteiger partial charge in [0.2, 0.25) is 11.8 Å². The molecule has 334 valence electrons. The van der Waals surface area contributed by atoms with Crippen molar-refractivity contribution in [3.8, 4) is 22.4 Å². The number of likely N-dealkylation sites (tertiary alicyclic amines) is 2. The molecule has 5 aromatic rings. The van der Waals surface area contributed by atoms with Gasteiger partial charge in [0.05, 0.1) is 49.2 Å². The quantitative estimate of drug-likeness (QED) is 0.112. The summed E-state index contributed by atoms with van der Waals surface area (Å²) in [4.78, 5) is 71.4. The Labute approximate surface area is 391 Å².